The van der Waals surface area contributed by atoms with Crippen LogP contribution < -0.4 is 4.74 Å². The van der Waals surface area contributed by atoms with Crippen molar-refractivity contribution in [3.05, 3.63) is 28.2 Å². The first kappa shape index (κ1) is 12.5. The lowest BCUT2D eigenvalue weighted by Gasteiger charge is -2.11. The minimum absolute atomic E-state index is 0.975. The summed E-state index contributed by atoms with van der Waals surface area (Å²) in [5.41, 5.74) is 1.28. The number of hydrogen-bond donors (Lipinski definition) is 0. The van der Waals surface area contributed by atoms with Crippen molar-refractivity contribution in [3.8, 4) is 5.75 Å². The normalized spacial score (nSPS) is 10.7. The largest absolute Gasteiger partial charge is 0.496 e. The van der Waals surface area contributed by atoms with E-state index >= 15 is 0 Å². The zero-order chi connectivity index (χ0) is 11.3. The van der Waals surface area contributed by atoms with E-state index in [0.29, 0.717) is 0 Å². The summed E-state index contributed by atoms with van der Waals surface area (Å²) < 4.78 is 6.41. The first-order chi connectivity index (χ1) is 7.13. The minimum atomic E-state index is 0.975. The predicted molar refractivity (Wildman–Crippen MR) is 67.6 cm³/mol. The number of rotatable bonds is 5. The van der Waals surface area contributed by atoms with Gasteiger partial charge < -0.3 is 9.64 Å². The van der Waals surface area contributed by atoms with Gasteiger partial charge in [-0.25, -0.2) is 0 Å². The molecule has 15 heavy (non-hydrogen) atoms. The fraction of sp³-hybridized carbons (Fsp3) is 0.500. The van der Waals surface area contributed by atoms with E-state index in [1.165, 1.54) is 5.56 Å². The van der Waals surface area contributed by atoms with Crippen molar-refractivity contribution in [2.75, 3.05) is 27.7 Å². The molecule has 84 valence electrons. The van der Waals surface area contributed by atoms with Crippen LogP contribution in [0.3, 0.4) is 0 Å². The third-order valence-corrected chi connectivity index (χ3v) is 2.79. The Bertz CT molecular complexity index is 312. The Hall–Kier alpha value is -0.540. The van der Waals surface area contributed by atoms with Gasteiger partial charge in [-0.3, -0.25) is 0 Å². The summed E-state index contributed by atoms with van der Waals surface area (Å²) in [5, 5.41) is 0. The van der Waals surface area contributed by atoms with Crippen molar-refractivity contribution in [1.29, 1.82) is 0 Å². The lowest BCUT2D eigenvalue weighted by molar-refractivity contribution is 0.391. The zero-order valence-corrected chi connectivity index (χ0v) is 11.2. The van der Waals surface area contributed by atoms with Crippen LogP contribution in [0, 0.1) is 0 Å². The molecule has 0 N–H and O–H groups in total. The smallest absolute Gasteiger partial charge is 0.123 e. The molecule has 1 aromatic rings. The van der Waals surface area contributed by atoms with E-state index in [0.717, 1.165) is 29.6 Å². The molecule has 1 rings (SSSR count). The summed E-state index contributed by atoms with van der Waals surface area (Å²) in [4.78, 5) is 2.20. The summed E-state index contributed by atoms with van der Waals surface area (Å²) in [6, 6.07) is 6.21. The van der Waals surface area contributed by atoms with Crippen LogP contribution in [0.1, 0.15) is 12.0 Å². The number of aryl methyl sites for hydroxylation is 1. The Kier molecular flexibility index (Phi) is 5.12. The van der Waals surface area contributed by atoms with E-state index in [-0.39, 0.29) is 0 Å². The van der Waals surface area contributed by atoms with Gasteiger partial charge in [-0.2, -0.15) is 0 Å². The topological polar surface area (TPSA) is 12.5 Å². The SMILES string of the molecule is COc1cc(Br)ccc1CCCN(C)C. The highest BCUT2D eigenvalue weighted by atomic mass is 79.9. The molecule has 2 nitrogen and oxygen atoms in total. The molecule has 0 radical (unpaired) electrons. The fourth-order valence-electron chi connectivity index (χ4n) is 1.51. The van der Waals surface area contributed by atoms with Crippen molar-refractivity contribution in [1.82, 2.24) is 4.90 Å². The summed E-state index contributed by atoms with van der Waals surface area (Å²) in [7, 11) is 5.91. The van der Waals surface area contributed by atoms with Crippen LogP contribution in [0.4, 0.5) is 0 Å². The molecule has 0 unspecified atom stereocenters. The third-order valence-electron chi connectivity index (χ3n) is 2.30. The lowest BCUT2D eigenvalue weighted by Crippen LogP contribution is -2.13. The maximum atomic E-state index is 5.34. The minimum Gasteiger partial charge on any atom is -0.496 e. The Morgan fingerprint density at radius 2 is 2.07 bits per heavy atom. The Morgan fingerprint density at radius 1 is 1.33 bits per heavy atom. The van der Waals surface area contributed by atoms with Crippen molar-refractivity contribution >= 4 is 15.9 Å². The Balaban J connectivity index is 2.60. The predicted octanol–water partition coefficient (Wildman–Crippen LogP) is 2.95. The van der Waals surface area contributed by atoms with Gasteiger partial charge in [-0.1, -0.05) is 22.0 Å². The molecule has 0 saturated carbocycles. The first-order valence-electron chi connectivity index (χ1n) is 5.10. The molecule has 0 atom stereocenters. The van der Waals surface area contributed by atoms with E-state index in [1.54, 1.807) is 7.11 Å². The number of hydrogen-bond acceptors (Lipinski definition) is 2. The van der Waals surface area contributed by atoms with E-state index in [2.05, 4.69) is 47.1 Å². The average molecular weight is 272 g/mol. The van der Waals surface area contributed by atoms with Crippen molar-refractivity contribution in [2.24, 2.45) is 0 Å². The second kappa shape index (κ2) is 6.13. The van der Waals surface area contributed by atoms with Gasteiger partial charge in [-0.05, 0) is 51.2 Å². The van der Waals surface area contributed by atoms with Gasteiger partial charge in [0.2, 0.25) is 0 Å². The van der Waals surface area contributed by atoms with Crippen LogP contribution >= 0.6 is 15.9 Å². The highest BCUT2D eigenvalue weighted by Gasteiger charge is 2.03. The molecule has 3 heteroatoms. The Morgan fingerprint density at radius 3 is 2.67 bits per heavy atom. The van der Waals surface area contributed by atoms with Crippen LogP contribution in [-0.2, 0) is 6.42 Å². The van der Waals surface area contributed by atoms with Crippen molar-refractivity contribution in [2.45, 2.75) is 12.8 Å². The molecule has 0 fully saturated rings. The van der Waals surface area contributed by atoms with Gasteiger partial charge in [0, 0.05) is 4.47 Å². The van der Waals surface area contributed by atoms with Gasteiger partial charge in [-0.15, -0.1) is 0 Å². The average Bonchev–Trinajstić information content (AvgIpc) is 2.19. The standard InChI is InChI=1S/C12H18BrNO/c1-14(2)8-4-5-10-6-7-11(13)9-12(10)15-3/h6-7,9H,4-5,8H2,1-3H3. The first-order valence-corrected chi connectivity index (χ1v) is 5.90. The number of methoxy groups -OCH3 is 1. The monoisotopic (exact) mass is 271 g/mol. The summed E-state index contributed by atoms with van der Waals surface area (Å²) >= 11 is 3.44. The molecule has 0 heterocycles. The highest BCUT2D eigenvalue weighted by molar-refractivity contribution is 9.10. The zero-order valence-electron chi connectivity index (χ0n) is 9.59. The van der Waals surface area contributed by atoms with Gasteiger partial charge in [0.05, 0.1) is 7.11 Å². The van der Waals surface area contributed by atoms with Crippen LogP contribution in [0.2, 0.25) is 0 Å². The molecule has 0 spiro atoms. The van der Waals surface area contributed by atoms with Crippen LogP contribution in [-0.4, -0.2) is 32.6 Å². The van der Waals surface area contributed by atoms with Gasteiger partial charge >= 0.3 is 0 Å². The second-order valence-corrected chi connectivity index (χ2v) is 4.78. The molecule has 0 aliphatic rings. The molecule has 0 aromatic heterocycles. The highest BCUT2D eigenvalue weighted by Crippen LogP contribution is 2.24. The number of benzene rings is 1. The van der Waals surface area contributed by atoms with Gasteiger partial charge in [0.1, 0.15) is 5.75 Å². The van der Waals surface area contributed by atoms with Crippen LogP contribution in [0.15, 0.2) is 22.7 Å². The molecule has 0 aliphatic heterocycles. The molecular weight excluding hydrogens is 254 g/mol. The number of halogens is 1. The second-order valence-electron chi connectivity index (χ2n) is 3.86. The lowest BCUT2D eigenvalue weighted by atomic mass is 10.1. The number of nitrogens with zero attached hydrogens (tertiary/aromatic N) is 1. The molecule has 0 saturated heterocycles. The molecular formula is C12H18BrNO. The molecule has 0 aliphatic carbocycles. The van der Waals surface area contributed by atoms with Crippen molar-refractivity contribution in [3.63, 3.8) is 0 Å². The van der Waals surface area contributed by atoms with Gasteiger partial charge in [0.15, 0.2) is 0 Å². The van der Waals surface area contributed by atoms with E-state index < -0.39 is 0 Å². The summed E-state index contributed by atoms with van der Waals surface area (Å²) in [6.45, 7) is 1.11. The maximum Gasteiger partial charge on any atom is 0.123 e. The van der Waals surface area contributed by atoms with Crippen molar-refractivity contribution < 1.29 is 4.74 Å². The molecule has 1 aromatic carbocycles. The number of ether oxygens (including phenoxy) is 1. The summed E-state index contributed by atoms with van der Waals surface area (Å²) in [5.74, 6) is 0.975. The van der Waals surface area contributed by atoms with E-state index in [1.807, 2.05) is 6.07 Å². The van der Waals surface area contributed by atoms with Gasteiger partial charge in [0.25, 0.3) is 0 Å². The quantitative estimate of drug-likeness (QED) is 0.817. The molecule has 0 amide bonds. The van der Waals surface area contributed by atoms with E-state index in [4.69, 9.17) is 4.74 Å². The van der Waals surface area contributed by atoms with Crippen LogP contribution in [0.5, 0.6) is 5.75 Å². The van der Waals surface area contributed by atoms with Crippen LogP contribution in [0.25, 0.3) is 0 Å². The third kappa shape index (κ3) is 4.22. The summed E-state index contributed by atoms with van der Waals surface area (Å²) in [6.07, 6.45) is 2.22. The maximum absolute atomic E-state index is 5.34. The molecule has 0 bridgehead atoms. The van der Waals surface area contributed by atoms with E-state index in [9.17, 15) is 0 Å². The fourth-order valence-corrected chi connectivity index (χ4v) is 1.85. The Labute approximate surface area is 100 Å².